The SMILES string of the molecule is NC(=O)CCCCOc1ccc(C(=O)O)cc1Br. The number of benzene rings is 1. The smallest absolute Gasteiger partial charge is 0.335 e. The van der Waals surface area contributed by atoms with Gasteiger partial charge in [0, 0.05) is 6.42 Å². The van der Waals surface area contributed by atoms with Gasteiger partial charge in [-0.25, -0.2) is 4.79 Å². The molecule has 0 heterocycles. The summed E-state index contributed by atoms with van der Waals surface area (Å²) < 4.78 is 6.06. The maximum Gasteiger partial charge on any atom is 0.335 e. The van der Waals surface area contributed by atoms with E-state index in [1.54, 1.807) is 6.07 Å². The van der Waals surface area contributed by atoms with Crippen molar-refractivity contribution in [2.24, 2.45) is 5.73 Å². The second kappa shape index (κ2) is 7.00. The monoisotopic (exact) mass is 315 g/mol. The van der Waals surface area contributed by atoms with Gasteiger partial charge < -0.3 is 15.6 Å². The molecule has 0 aromatic heterocycles. The van der Waals surface area contributed by atoms with E-state index < -0.39 is 5.97 Å². The van der Waals surface area contributed by atoms with Crippen LogP contribution in [0, 0.1) is 0 Å². The number of hydrogen-bond acceptors (Lipinski definition) is 3. The molecule has 0 radical (unpaired) electrons. The first kappa shape index (κ1) is 14.5. The van der Waals surface area contributed by atoms with Gasteiger partial charge in [0.15, 0.2) is 0 Å². The highest BCUT2D eigenvalue weighted by Gasteiger charge is 2.07. The number of aromatic carboxylic acids is 1. The average molecular weight is 316 g/mol. The number of ether oxygens (including phenoxy) is 1. The molecule has 0 aliphatic carbocycles. The van der Waals surface area contributed by atoms with Crippen molar-refractivity contribution in [2.75, 3.05) is 6.61 Å². The summed E-state index contributed by atoms with van der Waals surface area (Å²) in [5.74, 6) is -0.718. The fourth-order valence-corrected chi connectivity index (χ4v) is 1.83. The molecular formula is C12H14BrNO4. The predicted molar refractivity (Wildman–Crippen MR) is 69.6 cm³/mol. The van der Waals surface area contributed by atoms with E-state index in [0.717, 1.165) is 6.42 Å². The molecule has 0 spiro atoms. The van der Waals surface area contributed by atoms with Crippen molar-refractivity contribution >= 4 is 27.8 Å². The fourth-order valence-electron chi connectivity index (χ4n) is 1.33. The Balaban J connectivity index is 2.43. The zero-order valence-electron chi connectivity index (χ0n) is 9.69. The number of carbonyl (C=O) groups excluding carboxylic acids is 1. The Kier molecular flexibility index (Phi) is 5.64. The third kappa shape index (κ3) is 4.75. The quantitative estimate of drug-likeness (QED) is 0.755. The van der Waals surface area contributed by atoms with Crippen LogP contribution in [-0.2, 0) is 4.79 Å². The zero-order valence-corrected chi connectivity index (χ0v) is 11.3. The highest BCUT2D eigenvalue weighted by Crippen LogP contribution is 2.26. The molecule has 0 aliphatic rings. The van der Waals surface area contributed by atoms with Gasteiger partial charge in [-0.05, 0) is 47.0 Å². The van der Waals surface area contributed by atoms with Crippen LogP contribution in [-0.4, -0.2) is 23.6 Å². The number of primary amides is 1. The molecule has 5 nitrogen and oxygen atoms in total. The fraction of sp³-hybridized carbons (Fsp3) is 0.333. The van der Waals surface area contributed by atoms with Crippen molar-refractivity contribution < 1.29 is 19.4 Å². The molecule has 0 unspecified atom stereocenters. The molecule has 1 amide bonds. The van der Waals surface area contributed by atoms with E-state index >= 15 is 0 Å². The lowest BCUT2D eigenvalue weighted by molar-refractivity contribution is -0.118. The number of nitrogens with two attached hydrogens (primary N) is 1. The van der Waals surface area contributed by atoms with Gasteiger partial charge in [-0.2, -0.15) is 0 Å². The summed E-state index contributed by atoms with van der Waals surface area (Å²) >= 11 is 3.25. The highest BCUT2D eigenvalue weighted by molar-refractivity contribution is 9.10. The van der Waals surface area contributed by atoms with Gasteiger partial charge in [-0.15, -0.1) is 0 Å². The molecule has 98 valence electrons. The van der Waals surface area contributed by atoms with Gasteiger partial charge in [0.2, 0.25) is 5.91 Å². The van der Waals surface area contributed by atoms with E-state index in [4.69, 9.17) is 15.6 Å². The number of carboxylic acids is 1. The third-order valence-electron chi connectivity index (χ3n) is 2.25. The van der Waals surface area contributed by atoms with Crippen LogP contribution in [0.4, 0.5) is 0 Å². The molecule has 0 saturated carbocycles. The number of rotatable bonds is 7. The lowest BCUT2D eigenvalue weighted by Gasteiger charge is -2.08. The van der Waals surface area contributed by atoms with Crippen molar-refractivity contribution in [3.63, 3.8) is 0 Å². The van der Waals surface area contributed by atoms with Crippen LogP contribution >= 0.6 is 15.9 Å². The summed E-state index contributed by atoms with van der Waals surface area (Å²) in [4.78, 5) is 21.2. The standard InChI is InChI=1S/C12H14BrNO4/c13-9-7-8(12(16)17)4-5-10(9)18-6-2-1-3-11(14)15/h4-5,7H,1-3,6H2,(H2,14,15)(H,16,17). The van der Waals surface area contributed by atoms with Crippen LogP contribution in [0.3, 0.4) is 0 Å². The summed E-state index contributed by atoms with van der Waals surface area (Å²) in [6, 6.07) is 4.56. The third-order valence-corrected chi connectivity index (χ3v) is 2.87. The number of carboxylic acid groups (broad SMARTS) is 1. The second-order valence-electron chi connectivity index (χ2n) is 3.72. The van der Waals surface area contributed by atoms with E-state index in [9.17, 15) is 9.59 Å². The summed E-state index contributed by atoms with van der Waals surface area (Å²) in [7, 11) is 0. The Bertz CT molecular complexity index is 448. The van der Waals surface area contributed by atoms with Gasteiger partial charge in [0.25, 0.3) is 0 Å². The molecule has 0 fully saturated rings. The maximum absolute atomic E-state index is 10.7. The van der Waals surface area contributed by atoms with E-state index in [2.05, 4.69) is 15.9 Å². The van der Waals surface area contributed by atoms with Crippen molar-refractivity contribution in [2.45, 2.75) is 19.3 Å². The number of halogens is 1. The van der Waals surface area contributed by atoms with Crippen LogP contribution in [0.5, 0.6) is 5.75 Å². The molecule has 0 bridgehead atoms. The normalized spacial score (nSPS) is 10.1. The molecule has 18 heavy (non-hydrogen) atoms. The largest absolute Gasteiger partial charge is 0.492 e. The number of hydrogen-bond donors (Lipinski definition) is 2. The molecule has 0 saturated heterocycles. The first-order valence-electron chi connectivity index (χ1n) is 5.44. The van der Waals surface area contributed by atoms with Gasteiger partial charge in [-0.3, -0.25) is 4.79 Å². The molecule has 1 aromatic carbocycles. The molecular weight excluding hydrogens is 302 g/mol. The number of unbranched alkanes of at least 4 members (excludes halogenated alkanes) is 1. The molecule has 0 aliphatic heterocycles. The molecule has 1 aromatic rings. The summed E-state index contributed by atoms with van der Waals surface area (Å²) in [6.45, 7) is 0.457. The lowest BCUT2D eigenvalue weighted by atomic mass is 10.2. The Morgan fingerprint density at radius 2 is 2.06 bits per heavy atom. The minimum Gasteiger partial charge on any atom is -0.492 e. The lowest BCUT2D eigenvalue weighted by Crippen LogP contribution is -2.10. The predicted octanol–water partition coefficient (Wildman–Crippen LogP) is 2.18. The van der Waals surface area contributed by atoms with Gasteiger partial charge in [-0.1, -0.05) is 0 Å². The van der Waals surface area contributed by atoms with Crippen LogP contribution in [0.15, 0.2) is 22.7 Å². The van der Waals surface area contributed by atoms with Gasteiger partial charge in [0.1, 0.15) is 5.75 Å². The Morgan fingerprint density at radius 1 is 1.33 bits per heavy atom. The maximum atomic E-state index is 10.7. The highest BCUT2D eigenvalue weighted by atomic mass is 79.9. The minimum atomic E-state index is -0.983. The van der Waals surface area contributed by atoms with E-state index in [1.807, 2.05) is 0 Å². The number of carbonyl (C=O) groups is 2. The Morgan fingerprint density at radius 3 is 2.61 bits per heavy atom. The van der Waals surface area contributed by atoms with E-state index in [0.29, 0.717) is 29.7 Å². The van der Waals surface area contributed by atoms with Crippen LogP contribution in [0.2, 0.25) is 0 Å². The van der Waals surface area contributed by atoms with Gasteiger partial charge >= 0.3 is 5.97 Å². The molecule has 3 N–H and O–H groups in total. The second-order valence-corrected chi connectivity index (χ2v) is 4.58. The average Bonchev–Trinajstić information content (AvgIpc) is 2.29. The van der Waals surface area contributed by atoms with Gasteiger partial charge in [0.05, 0.1) is 16.6 Å². The van der Waals surface area contributed by atoms with Crippen molar-refractivity contribution in [3.8, 4) is 5.75 Å². The summed E-state index contributed by atoms with van der Waals surface area (Å²) in [5, 5.41) is 8.79. The minimum absolute atomic E-state index is 0.197. The number of amides is 1. The van der Waals surface area contributed by atoms with Crippen LogP contribution in [0.1, 0.15) is 29.6 Å². The first-order valence-corrected chi connectivity index (χ1v) is 6.24. The van der Waals surface area contributed by atoms with Crippen LogP contribution < -0.4 is 10.5 Å². The van der Waals surface area contributed by atoms with Crippen molar-refractivity contribution in [1.29, 1.82) is 0 Å². The first-order chi connectivity index (χ1) is 8.50. The van der Waals surface area contributed by atoms with Crippen molar-refractivity contribution in [1.82, 2.24) is 0 Å². The van der Waals surface area contributed by atoms with E-state index in [-0.39, 0.29) is 11.5 Å². The summed E-state index contributed by atoms with van der Waals surface area (Å²) in [5.41, 5.74) is 5.21. The van der Waals surface area contributed by atoms with Crippen LogP contribution in [0.25, 0.3) is 0 Å². The van der Waals surface area contributed by atoms with Crippen molar-refractivity contribution in [3.05, 3.63) is 28.2 Å². The molecule has 6 heteroatoms. The van der Waals surface area contributed by atoms with E-state index in [1.165, 1.54) is 12.1 Å². The topological polar surface area (TPSA) is 89.6 Å². The molecule has 1 rings (SSSR count). The molecule has 0 atom stereocenters. The summed E-state index contributed by atoms with van der Waals surface area (Å²) in [6.07, 6.45) is 1.75. The zero-order chi connectivity index (χ0) is 13.5. The Labute approximate surface area is 113 Å². The Hall–Kier alpha value is -1.56.